The lowest BCUT2D eigenvalue weighted by Gasteiger charge is -2.28. The minimum Gasteiger partial charge on any atom is -0.208 e. The van der Waals surface area contributed by atoms with Crippen LogP contribution in [0.25, 0.3) is 0 Å². The molecule has 2 unspecified atom stereocenters. The summed E-state index contributed by atoms with van der Waals surface area (Å²) < 4.78 is 39.9. The van der Waals surface area contributed by atoms with Crippen LogP contribution < -0.4 is 4.72 Å². The average molecular weight is 303 g/mol. The summed E-state index contributed by atoms with van der Waals surface area (Å²) in [4.78, 5) is 0.125. The van der Waals surface area contributed by atoms with Crippen LogP contribution in [0.5, 0.6) is 0 Å². The van der Waals surface area contributed by atoms with Crippen molar-refractivity contribution in [3.8, 4) is 0 Å². The molecule has 1 N–H and O–H groups in total. The molecule has 3 nitrogen and oxygen atoms in total. The first-order chi connectivity index (χ1) is 9.01. The molecular weight excluding hydrogens is 285 g/mol. The molecule has 0 bridgehead atoms. The molecule has 0 aromatic heterocycles. The van der Waals surface area contributed by atoms with Crippen molar-refractivity contribution in [3.05, 3.63) is 30.1 Å². The van der Waals surface area contributed by atoms with Gasteiger partial charge >= 0.3 is 0 Å². The van der Waals surface area contributed by atoms with Gasteiger partial charge < -0.3 is 0 Å². The highest BCUT2D eigenvalue weighted by molar-refractivity contribution is 7.99. The third kappa shape index (κ3) is 3.94. The lowest BCUT2D eigenvalue weighted by molar-refractivity contribution is 0.421. The molecule has 1 aliphatic rings. The Bertz CT molecular complexity index is 516. The maximum Gasteiger partial charge on any atom is 0.240 e. The van der Waals surface area contributed by atoms with E-state index < -0.39 is 15.8 Å². The van der Waals surface area contributed by atoms with E-state index in [9.17, 15) is 12.8 Å². The Morgan fingerprint density at radius 2 is 1.95 bits per heavy atom. The van der Waals surface area contributed by atoms with Gasteiger partial charge in [0.05, 0.1) is 4.90 Å². The topological polar surface area (TPSA) is 46.2 Å². The molecule has 2 rings (SSSR count). The maximum absolute atomic E-state index is 12.8. The predicted molar refractivity (Wildman–Crippen MR) is 76.3 cm³/mol. The lowest BCUT2D eigenvalue weighted by Crippen LogP contribution is -2.39. The molecule has 0 saturated heterocycles. The van der Waals surface area contributed by atoms with Gasteiger partial charge in [-0.15, -0.1) is 0 Å². The van der Waals surface area contributed by atoms with Gasteiger partial charge in [-0.3, -0.25) is 0 Å². The third-order valence-corrected chi connectivity index (χ3v) is 6.04. The van der Waals surface area contributed by atoms with Gasteiger partial charge in [0.25, 0.3) is 0 Å². The molecule has 2 atom stereocenters. The molecule has 0 aliphatic heterocycles. The zero-order valence-electron chi connectivity index (χ0n) is 10.8. The van der Waals surface area contributed by atoms with Crippen molar-refractivity contribution >= 4 is 21.8 Å². The van der Waals surface area contributed by atoms with Crippen LogP contribution in [0.15, 0.2) is 29.2 Å². The Labute approximate surface area is 118 Å². The number of benzene rings is 1. The smallest absolute Gasteiger partial charge is 0.208 e. The Morgan fingerprint density at radius 3 is 2.58 bits per heavy atom. The Morgan fingerprint density at radius 1 is 1.26 bits per heavy atom. The van der Waals surface area contributed by atoms with E-state index in [2.05, 4.69) is 11.0 Å². The summed E-state index contributed by atoms with van der Waals surface area (Å²) in [5, 5.41) is 0.523. The fraction of sp³-hybridized carbons (Fsp3) is 0.538. The number of nitrogens with one attached hydrogen (secondary N) is 1. The van der Waals surface area contributed by atoms with E-state index in [0.29, 0.717) is 5.25 Å². The summed E-state index contributed by atoms with van der Waals surface area (Å²) >= 11 is 1.79. The Hall–Kier alpha value is -0.590. The van der Waals surface area contributed by atoms with Crippen molar-refractivity contribution < 1.29 is 12.8 Å². The molecule has 0 heterocycles. The number of sulfonamides is 1. The number of rotatable bonds is 4. The zero-order valence-corrected chi connectivity index (χ0v) is 12.4. The fourth-order valence-corrected chi connectivity index (χ4v) is 4.48. The van der Waals surface area contributed by atoms with Crippen molar-refractivity contribution in [1.29, 1.82) is 0 Å². The van der Waals surface area contributed by atoms with Gasteiger partial charge in [0, 0.05) is 11.3 Å². The average Bonchev–Trinajstić information content (AvgIpc) is 2.39. The quantitative estimate of drug-likeness (QED) is 0.930. The van der Waals surface area contributed by atoms with Crippen molar-refractivity contribution in [2.45, 2.75) is 41.9 Å². The summed E-state index contributed by atoms with van der Waals surface area (Å²) in [6, 6.07) is 4.92. The number of halogens is 1. The SMILES string of the molecule is CSC1CCCC(NS(=O)(=O)c2ccc(F)cc2)C1. The molecule has 1 aromatic rings. The number of hydrogen-bond acceptors (Lipinski definition) is 3. The second-order valence-electron chi connectivity index (χ2n) is 4.80. The van der Waals surface area contributed by atoms with Crippen LogP contribution in [-0.4, -0.2) is 26.0 Å². The monoisotopic (exact) mass is 303 g/mol. The molecule has 1 fully saturated rings. The fourth-order valence-electron chi connectivity index (χ4n) is 2.37. The summed E-state index contributed by atoms with van der Waals surface area (Å²) in [7, 11) is -3.53. The predicted octanol–water partition coefficient (Wildman–Crippen LogP) is 2.78. The second-order valence-corrected chi connectivity index (χ2v) is 7.65. The maximum atomic E-state index is 12.8. The summed E-state index contributed by atoms with van der Waals surface area (Å²) in [5.74, 6) is -0.431. The van der Waals surface area contributed by atoms with Gasteiger partial charge in [-0.2, -0.15) is 11.8 Å². The van der Waals surface area contributed by atoms with E-state index in [1.165, 1.54) is 24.3 Å². The van der Waals surface area contributed by atoms with Gasteiger partial charge in [-0.25, -0.2) is 17.5 Å². The van der Waals surface area contributed by atoms with Gasteiger partial charge in [0.15, 0.2) is 0 Å². The highest BCUT2D eigenvalue weighted by atomic mass is 32.2. The highest BCUT2D eigenvalue weighted by Crippen LogP contribution is 2.27. The molecular formula is C13H18FNO2S2. The molecule has 1 aliphatic carbocycles. The van der Waals surface area contributed by atoms with Gasteiger partial charge in [0.1, 0.15) is 5.82 Å². The largest absolute Gasteiger partial charge is 0.240 e. The van der Waals surface area contributed by atoms with Crippen LogP contribution in [-0.2, 0) is 10.0 Å². The van der Waals surface area contributed by atoms with Crippen molar-refractivity contribution in [1.82, 2.24) is 4.72 Å². The van der Waals surface area contributed by atoms with Gasteiger partial charge in [-0.1, -0.05) is 6.42 Å². The van der Waals surface area contributed by atoms with Crippen LogP contribution in [0.3, 0.4) is 0 Å². The first-order valence-corrected chi connectivity index (χ1v) is 9.09. The standard InChI is InChI=1S/C13H18FNO2S2/c1-18-12-4-2-3-11(9-12)15-19(16,17)13-7-5-10(14)6-8-13/h5-8,11-12,15H,2-4,9H2,1H3. The van der Waals surface area contributed by atoms with Crippen molar-refractivity contribution in [3.63, 3.8) is 0 Å². The van der Waals surface area contributed by atoms with Gasteiger partial charge in [0.2, 0.25) is 10.0 Å². The minimum absolute atomic E-state index is 0.0127. The summed E-state index contributed by atoms with van der Waals surface area (Å²) in [6.45, 7) is 0. The molecule has 106 valence electrons. The molecule has 0 radical (unpaired) electrons. The second kappa shape index (κ2) is 6.24. The van der Waals surface area contributed by atoms with E-state index in [0.717, 1.165) is 25.7 Å². The van der Waals surface area contributed by atoms with Crippen LogP contribution >= 0.6 is 11.8 Å². The van der Waals surface area contributed by atoms with Gasteiger partial charge in [-0.05, 0) is 49.8 Å². The molecule has 0 amide bonds. The molecule has 0 spiro atoms. The molecule has 1 saturated carbocycles. The third-order valence-electron chi connectivity index (χ3n) is 3.41. The molecule has 6 heteroatoms. The molecule has 19 heavy (non-hydrogen) atoms. The normalized spacial score (nSPS) is 24.3. The van der Waals surface area contributed by atoms with Crippen molar-refractivity contribution in [2.24, 2.45) is 0 Å². The molecule has 1 aromatic carbocycles. The van der Waals surface area contributed by atoms with Crippen LogP contribution in [0.1, 0.15) is 25.7 Å². The van der Waals surface area contributed by atoms with Crippen molar-refractivity contribution in [2.75, 3.05) is 6.26 Å². The highest BCUT2D eigenvalue weighted by Gasteiger charge is 2.26. The Balaban J connectivity index is 2.06. The lowest BCUT2D eigenvalue weighted by atomic mass is 9.96. The van der Waals surface area contributed by atoms with E-state index in [4.69, 9.17) is 0 Å². The number of hydrogen-bond donors (Lipinski definition) is 1. The van der Waals surface area contributed by atoms with Crippen LogP contribution in [0.4, 0.5) is 4.39 Å². The number of thioether (sulfide) groups is 1. The van der Waals surface area contributed by atoms with Crippen LogP contribution in [0, 0.1) is 5.82 Å². The van der Waals surface area contributed by atoms with E-state index in [1.807, 2.05) is 0 Å². The van der Waals surface area contributed by atoms with E-state index >= 15 is 0 Å². The van der Waals surface area contributed by atoms with E-state index in [1.54, 1.807) is 11.8 Å². The Kier molecular flexibility index (Phi) is 4.86. The summed E-state index contributed by atoms with van der Waals surface area (Å²) in [5.41, 5.74) is 0. The van der Waals surface area contributed by atoms with E-state index in [-0.39, 0.29) is 10.9 Å². The zero-order chi connectivity index (χ0) is 13.9. The van der Waals surface area contributed by atoms with Crippen LogP contribution in [0.2, 0.25) is 0 Å². The minimum atomic E-state index is -3.53. The first kappa shape index (κ1) is 14.8. The summed E-state index contributed by atoms with van der Waals surface area (Å²) in [6.07, 6.45) is 5.98. The first-order valence-electron chi connectivity index (χ1n) is 6.32.